The van der Waals surface area contributed by atoms with Gasteiger partial charge in [0.2, 0.25) is 11.8 Å². The fourth-order valence-corrected chi connectivity index (χ4v) is 4.15. The molecule has 1 aromatic heterocycles. The topological polar surface area (TPSA) is 91.7 Å². The van der Waals surface area contributed by atoms with Crippen LogP contribution in [-0.2, 0) is 9.59 Å². The number of furan rings is 1. The molecular weight excluding hydrogens is 466 g/mol. The Kier molecular flexibility index (Phi) is 8.58. The van der Waals surface area contributed by atoms with Gasteiger partial charge in [0, 0.05) is 11.2 Å². The molecule has 37 heavy (non-hydrogen) atoms. The Morgan fingerprint density at radius 2 is 1.59 bits per heavy atom. The van der Waals surface area contributed by atoms with E-state index in [2.05, 4.69) is 24.5 Å². The van der Waals surface area contributed by atoms with E-state index >= 15 is 0 Å². The average Bonchev–Trinajstić information content (AvgIpc) is 3.35. The molecule has 2 N–H and O–H groups in total. The normalized spacial score (nSPS) is 12.2. The molecule has 0 aliphatic carbocycles. The molecule has 3 aromatic rings. The number of nitrogens with one attached hydrogen (secondary N) is 2. The minimum Gasteiger partial charge on any atom is -0.459 e. The molecule has 0 unspecified atom stereocenters. The van der Waals surface area contributed by atoms with E-state index in [0.29, 0.717) is 17.2 Å². The predicted molar refractivity (Wildman–Crippen MR) is 146 cm³/mol. The van der Waals surface area contributed by atoms with E-state index in [4.69, 9.17) is 4.42 Å². The molecule has 0 spiro atoms. The highest BCUT2D eigenvalue weighted by Crippen LogP contribution is 2.32. The molecule has 0 aliphatic rings. The first-order valence-electron chi connectivity index (χ1n) is 12.5. The Labute approximate surface area is 219 Å². The van der Waals surface area contributed by atoms with Crippen LogP contribution in [0.15, 0.2) is 65.3 Å². The molecule has 0 saturated carbocycles. The molecule has 1 heterocycles. The second-order valence-electron chi connectivity index (χ2n) is 10.7. The summed E-state index contributed by atoms with van der Waals surface area (Å²) in [6.07, 6.45) is 1.40. The first-order valence-corrected chi connectivity index (χ1v) is 12.5. The van der Waals surface area contributed by atoms with E-state index in [1.165, 1.54) is 17.2 Å². The van der Waals surface area contributed by atoms with Gasteiger partial charge in [0.1, 0.15) is 6.04 Å². The van der Waals surface area contributed by atoms with Gasteiger partial charge in [0.25, 0.3) is 5.91 Å². The van der Waals surface area contributed by atoms with Crippen molar-refractivity contribution in [2.75, 3.05) is 11.4 Å². The van der Waals surface area contributed by atoms with E-state index in [0.717, 1.165) is 16.7 Å². The van der Waals surface area contributed by atoms with Crippen LogP contribution in [0.1, 0.15) is 79.4 Å². The third-order valence-corrected chi connectivity index (χ3v) is 5.95. The lowest BCUT2D eigenvalue weighted by atomic mass is 9.96. The van der Waals surface area contributed by atoms with Crippen LogP contribution >= 0.6 is 0 Å². The maximum absolute atomic E-state index is 13.8. The standard InChI is InChI=1S/C30H37N3O4/c1-19(2)22-11-13-23(14-12-22)27(29(36)32-30(5,6)7)33(24-15-10-20(3)17-21(24)4)26(34)18-31-28(35)25-9-8-16-37-25/h8-17,19,27H,18H2,1-7H3,(H,31,35)(H,32,36)/t27-/m1/s1. The first kappa shape index (κ1) is 27.7. The zero-order valence-electron chi connectivity index (χ0n) is 22.7. The van der Waals surface area contributed by atoms with E-state index in [9.17, 15) is 14.4 Å². The molecule has 0 saturated heterocycles. The SMILES string of the molecule is Cc1ccc(N(C(=O)CNC(=O)c2ccco2)[C@@H](C(=O)NC(C)(C)C)c2ccc(C(C)C)cc2)c(C)c1. The molecule has 1 atom stereocenters. The van der Waals surface area contributed by atoms with Crippen LogP contribution in [0.25, 0.3) is 0 Å². The van der Waals surface area contributed by atoms with Gasteiger partial charge in [-0.1, -0.05) is 55.8 Å². The lowest BCUT2D eigenvalue weighted by Gasteiger charge is -2.35. The first-order chi connectivity index (χ1) is 17.4. The molecule has 2 aromatic carbocycles. The van der Waals surface area contributed by atoms with Crippen LogP contribution in [0.3, 0.4) is 0 Å². The van der Waals surface area contributed by atoms with Crippen molar-refractivity contribution in [3.05, 3.63) is 88.9 Å². The van der Waals surface area contributed by atoms with E-state index < -0.39 is 23.4 Å². The minimum atomic E-state index is -0.949. The molecule has 196 valence electrons. The Hall–Kier alpha value is -3.87. The second-order valence-corrected chi connectivity index (χ2v) is 10.7. The molecule has 0 aliphatic heterocycles. The quantitative estimate of drug-likeness (QED) is 0.428. The molecule has 7 nitrogen and oxygen atoms in total. The highest BCUT2D eigenvalue weighted by Gasteiger charge is 2.35. The van der Waals surface area contributed by atoms with E-state index in [1.54, 1.807) is 6.07 Å². The smallest absolute Gasteiger partial charge is 0.287 e. The summed E-state index contributed by atoms with van der Waals surface area (Å²) in [5.74, 6) is -0.804. The summed E-state index contributed by atoms with van der Waals surface area (Å²) >= 11 is 0. The number of carbonyl (C=O) groups excluding carboxylic acids is 3. The van der Waals surface area contributed by atoms with Crippen molar-refractivity contribution in [1.29, 1.82) is 0 Å². The Morgan fingerprint density at radius 1 is 0.946 bits per heavy atom. The van der Waals surface area contributed by atoms with Gasteiger partial charge < -0.3 is 15.1 Å². The van der Waals surface area contributed by atoms with Crippen molar-refractivity contribution < 1.29 is 18.8 Å². The number of hydrogen-bond acceptors (Lipinski definition) is 4. The third-order valence-electron chi connectivity index (χ3n) is 5.95. The average molecular weight is 504 g/mol. The summed E-state index contributed by atoms with van der Waals surface area (Å²) in [6.45, 7) is 13.5. The van der Waals surface area contributed by atoms with Crippen LogP contribution in [0.5, 0.6) is 0 Å². The largest absolute Gasteiger partial charge is 0.459 e. The number of anilines is 1. The van der Waals surface area contributed by atoms with Crippen molar-refractivity contribution in [1.82, 2.24) is 10.6 Å². The number of aryl methyl sites for hydroxylation is 2. The molecule has 0 radical (unpaired) electrons. The van der Waals surface area contributed by atoms with Crippen molar-refractivity contribution >= 4 is 23.4 Å². The van der Waals surface area contributed by atoms with Gasteiger partial charge in [-0.2, -0.15) is 0 Å². The number of nitrogens with zero attached hydrogens (tertiary/aromatic N) is 1. The zero-order valence-corrected chi connectivity index (χ0v) is 22.7. The van der Waals surface area contributed by atoms with Crippen molar-refractivity contribution in [2.24, 2.45) is 0 Å². The maximum Gasteiger partial charge on any atom is 0.287 e. The van der Waals surface area contributed by atoms with Gasteiger partial charge in [0.15, 0.2) is 5.76 Å². The summed E-state index contributed by atoms with van der Waals surface area (Å²) in [4.78, 5) is 41.6. The number of benzene rings is 2. The summed E-state index contributed by atoms with van der Waals surface area (Å²) < 4.78 is 5.14. The Balaban J connectivity index is 2.08. The van der Waals surface area contributed by atoms with Gasteiger partial charge in [-0.05, 0) is 75.4 Å². The van der Waals surface area contributed by atoms with Crippen LogP contribution in [-0.4, -0.2) is 29.8 Å². The Bertz CT molecular complexity index is 1240. The monoisotopic (exact) mass is 503 g/mol. The number of hydrogen-bond donors (Lipinski definition) is 2. The molecule has 0 fully saturated rings. The second kappa shape index (κ2) is 11.5. The molecule has 7 heteroatoms. The number of rotatable bonds is 8. The van der Waals surface area contributed by atoms with Crippen molar-refractivity contribution in [2.45, 2.75) is 66.0 Å². The maximum atomic E-state index is 13.8. The minimum absolute atomic E-state index is 0.108. The van der Waals surface area contributed by atoms with Crippen LogP contribution in [0.2, 0.25) is 0 Å². The van der Waals surface area contributed by atoms with Crippen LogP contribution in [0.4, 0.5) is 5.69 Å². The molecule has 3 rings (SSSR count). The van der Waals surface area contributed by atoms with Crippen LogP contribution in [0, 0.1) is 13.8 Å². The lowest BCUT2D eigenvalue weighted by Crippen LogP contribution is -2.51. The number of amides is 3. The Morgan fingerprint density at radius 3 is 2.14 bits per heavy atom. The lowest BCUT2D eigenvalue weighted by molar-refractivity contribution is -0.127. The zero-order chi connectivity index (χ0) is 27.3. The number of carbonyl (C=O) groups is 3. The highest BCUT2D eigenvalue weighted by molar-refractivity contribution is 6.04. The van der Waals surface area contributed by atoms with Gasteiger partial charge in [0.05, 0.1) is 12.8 Å². The highest BCUT2D eigenvalue weighted by atomic mass is 16.3. The molecule has 0 bridgehead atoms. The van der Waals surface area contributed by atoms with Crippen molar-refractivity contribution in [3.8, 4) is 0 Å². The van der Waals surface area contributed by atoms with Crippen LogP contribution < -0.4 is 15.5 Å². The van der Waals surface area contributed by atoms with E-state index in [1.807, 2.05) is 77.1 Å². The van der Waals surface area contributed by atoms with Gasteiger partial charge in [-0.15, -0.1) is 0 Å². The van der Waals surface area contributed by atoms with Gasteiger partial charge in [-0.3, -0.25) is 19.3 Å². The van der Waals surface area contributed by atoms with E-state index in [-0.39, 0.29) is 18.2 Å². The third kappa shape index (κ3) is 7.09. The summed E-state index contributed by atoms with van der Waals surface area (Å²) in [5, 5.41) is 5.67. The predicted octanol–water partition coefficient (Wildman–Crippen LogP) is 5.44. The summed E-state index contributed by atoms with van der Waals surface area (Å²) in [7, 11) is 0. The summed E-state index contributed by atoms with van der Waals surface area (Å²) in [6, 6.07) is 15.7. The fourth-order valence-electron chi connectivity index (χ4n) is 4.15. The molecule has 3 amide bonds. The molecular formula is C30H37N3O4. The fraction of sp³-hybridized carbons (Fsp3) is 0.367. The van der Waals surface area contributed by atoms with Gasteiger partial charge >= 0.3 is 0 Å². The van der Waals surface area contributed by atoms with Crippen molar-refractivity contribution in [3.63, 3.8) is 0 Å². The van der Waals surface area contributed by atoms with Gasteiger partial charge in [-0.25, -0.2) is 0 Å². The summed E-state index contributed by atoms with van der Waals surface area (Å²) in [5.41, 5.74) is 3.78.